The smallest absolute Gasteiger partial charge is 0.307 e. The predicted octanol–water partition coefficient (Wildman–Crippen LogP) is 3.93. The average molecular weight is 238 g/mol. The fraction of sp³-hybridized carbons (Fsp3) is 0.133. The van der Waals surface area contributed by atoms with Gasteiger partial charge in [0.2, 0.25) is 0 Å². The minimum absolute atomic E-state index is 0.189. The molecule has 0 radical (unpaired) electrons. The quantitative estimate of drug-likeness (QED) is 0.717. The molecule has 18 heavy (non-hydrogen) atoms. The molecule has 3 rings (SSSR count). The van der Waals surface area contributed by atoms with Crippen LogP contribution in [0.25, 0.3) is 11.1 Å². The van der Waals surface area contributed by atoms with Gasteiger partial charge in [0, 0.05) is 11.1 Å². The first kappa shape index (κ1) is 10.8. The number of carbonyl (C=O) groups excluding carboxylic acids is 1. The lowest BCUT2D eigenvalue weighted by Gasteiger charge is -2.13. The molecule has 0 aromatic heterocycles. The van der Waals surface area contributed by atoms with Crippen molar-refractivity contribution in [3.05, 3.63) is 47.5 Å². The number of urea groups is 1. The van der Waals surface area contributed by atoms with Gasteiger partial charge in [-0.15, -0.1) is 0 Å². The van der Waals surface area contributed by atoms with Crippen molar-refractivity contribution >= 4 is 17.4 Å². The van der Waals surface area contributed by atoms with Crippen molar-refractivity contribution in [3.8, 4) is 11.1 Å². The van der Waals surface area contributed by atoms with E-state index < -0.39 is 0 Å². The van der Waals surface area contributed by atoms with E-state index in [4.69, 9.17) is 0 Å². The Labute approximate surface area is 106 Å². The van der Waals surface area contributed by atoms with Crippen molar-refractivity contribution in [2.45, 2.75) is 13.8 Å². The summed E-state index contributed by atoms with van der Waals surface area (Å²) in [4.78, 5) is 11.8. The molecule has 0 fully saturated rings. The molecule has 0 atom stereocenters. The lowest BCUT2D eigenvalue weighted by Crippen LogP contribution is -2.17. The van der Waals surface area contributed by atoms with Gasteiger partial charge < -0.3 is 10.6 Å². The van der Waals surface area contributed by atoms with Crippen LogP contribution in [0.3, 0.4) is 0 Å². The molecule has 2 aromatic rings. The van der Waals surface area contributed by atoms with Crippen LogP contribution in [0.2, 0.25) is 0 Å². The molecule has 1 aliphatic heterocycles. The number of rotatable bonds is 0. The third-order valence-corrected chi connectivity index (χ3v) is 3.29. The van der Waals surface area contributed by atoms with E-state index in [2.05, 4.69) is 36.6 Å². The topological polar surface area (TPSA) is 41.1 Å². The molecule has 0 saturated carbocycles. The van der Waals surface area contributed by atoms with Gasteiger partial charge in [0.05, 0.1) is 11.4 Å². The van der Waals surface area contributed by atoms with Crippen LogP contribution in [-0.2, 0) is 0 Å². The molecular formula is C15H14N2O. The van der Waals surface area contributed by atoms with Crippen LogP contribution in [0.15, 0.2) is 36.4 Å². The summed E-state index contributed by atoms with van der Waals surface area (Å²) in [7, 11) is 0. The molecule has 1 aliphatic rings. The minimum atomic E-state index is -0.189. The third-order valence-electron chi connectivity index (χ3n) is 3.29. The second kappa shape index (κ2) is 3.88. The van der Waals surface area contributed by atoms with Crippen molar-refractivity contribution in [1.29, 1.82) is 0 Å². The summed E-state index contributed by atoms with van der Waals surface area (Å²) in [6.07, 6.45) is 0. The number of anilines is 2. The highest BCUT2D eigenvalue weighted by molar-refractivity contribution is 6.09. The Morgan fingerprint density at radius 1 is 0.778 bits per heavy atom. The van der Waals surface area contributed by atoms with E-state index in [0.717, 1.165) is 33.6 Å². The van der Waals surface area contributed by atoms with E-state index in [-0.39, 0.29) is 6.03 Å². The summed E-state index contributed by atoms with van der Waals surface area (Å²) in [5.74, 6) is 0. The zero-order valence-corrected chi connectivity index (χ0v) is 10.4. The maximum absolute atomic E-state index is 11.8. The Morgan fingerprint density at radius 3 is 1.67 bits per heavy atom. The number of fused-ring (bicyclic) bond motifs is 3. The largest absolute Gasteiger partial charge is 0.323 e. The van der Waals surface area contributed by atoms with Gasteiger partial charge >= 0.3 is 6.03 Å². The van der Waals surface area contributed by atoms with Gasteiger partial charge in [-0.2, -0.15) is 0 Å². The summed E-state index contributed by atoms with van der Waals surface area (Å²) in [6, 6.07) is 11.7. The van der Waals surface area contributed by atoms with E-state index in [1.165, 1.54) is 0 Å². The molecule has 3 nitrogen and oxygen atoms in total. The summed E-state index contributed by atoms with van der Waals surface area (Å²) in [5.41, 5.74) is 6.24. The molecule has 0 unspecified atom stereocenters. The molecule has 90 valence electrons. The average Bonchev–Trinajstić information content (AvgIpc) is 2.46. The molecule has 0 spiro atoms. The number of amides is 2. The number of benzene rings is 2. The highest BCUT2D eigenvalue weighted by atomic mass is 16.2. The molecule has 2 N–H and O–H groups in total. The first-order valence-corrected chi connectivity index (χ1v) is 5.94. The van der Waals surface area contributed by atoms with E-state index in [9.17, 15) is 4.79 Å². The van der Waals surface area contributed by atoms with Gasteiger partial charge in [0.15, 0.2) is 0 Å². The highest BCUT2D eigenvalue weighted by Crippen LogP contribution is 2.40. The molecular weight excluding hydrogens is 224 g/mol. The van der Waals surface area contributed by atoms with Crippen LogP contribution >= 0.6 is 0 Å². The SMILES string of the molecule is Cc1cccc2c1-c1c(C)cccc1NC(=O)N2. The first-order chi connectivity index (χ1) is 8.66. The van der Waals surface area contributed by atoms with Crippen molar-refractivity contribution < 1.29 is 4.79 Å². The van der Waals surface area contributed by atoms with Crippen molar-refractivity contribution in [3.63, 3.8) is 0 Å². The summed E-state index contributed by atoms with van der Waals surface area (Å²) in [5, 5.41) is 5.77. The van der Waals surface area contributed by atoms with E-state index in [1.807, 2.05) is 24.3 Å². The van der Waals surface area contributed by atoms with Crippen LogP contribution in [0, 0.1) is 13.8 Å². The Balaban J connectivity index is 2.40. The highest BCUT2D eigenvalue weighted by Gasteiger charge is 2.20. The van der Waals surface area contributed by atoms with Gasteiger partial charge in [-0.05, 0) is 37.1 Å². The van der Waals surface area contributed by atoms with Crippen LogP contribution in [0.4, 0.5) is 16.2 Å². The van der Waals surface area contributed by atoms with Gasteiger partial charge in [-0.25, -0.2) is 4.79 Å². The molecule has 0 saturated heterocycles. The van der Waals surface area contributed by atoms with Crippen LogP contribution in [-0.4, -0.2) is 6.03 Å². The molecule has 2 aromatic carbocycles. The molecule has 0 aliphatic carbocycles. The summed E-state index contributed by atoms with van der Waals surface area (Å²) in [6.45, 7) is 4.12. The lowest BCUT2D eigenvalue weighted by molar-refractivity contribution is 0.262. The minimum Gasteiger partial charge on any atom is -0.307 e. The van der Waals surface area contributed by atoms with Crippen LogP contribution < -0.4 is 10.6 Å². The fourth-order valence-corrected chi connectivity index (χ4v) is 2.48. The lowest BCUT2D eigenvalue weighted by atomic mass is 9.94. The first-order valence-electron chi connectivity index (χ1n) is 5.94. The van der Waals surface area contributed by atoms with Crippen molar-refractivity contribution in [2.24, 2.45) is 0 Å². The fourth-order valence-electron chi connectivity index (χ4n) is 2.48. The summed E-state index contributed by atoms with van der Waals surface area (Å²) >= 11 is 0. The van der Waals surface area contributed by atoms with Gasteiger partial charge in [-0.1, -0.05) is 24.3 Å². The molecule has 1 heterocycles. The van der Waals surface area contributed by atoms with Crippen molar-refractivity contribution in [2.75, 3.05) is 10.6 Å². The monoisotopic (exact) mass is 238 g/mol. The van der Waals surface area contributed by atoms with E-state index in [1.54, 1.807) is 0 Å². The summed E-state index contributed by atoms with van der Waals surface area (Å²) < 4.78 is 0. The normalized spacial score (nSPS) is 12.9. The second-order valence-electron chi connectivity index (χ2n) is 4.57. The Morgan fingerprint density at radius 2 is 1.22 bits per heavy atom. The molecule has 2 amide bonds. The zero-order chi connectivity index (χ0) is 12.7. The number of hydrogen-bond donors (Lipinski definition) is 2. The maximum atomic E-state index is 11.8. The van der Waals surface area contributed by atoms with E-state index in [0.29, 0.717) is 0 Å². The Kier molecular flexibility index (Phi) is 2.33. The Bertz CT molecular complexity index is 591. The van der Waals surface area contributed by atoms with E-state index >= 15 is 0 Å². The number of aryl methyl sites for hydroxylation is 2. The van der Waals surface area contributed by atoms with Crippen LogP contribution in [0.5, 0.6) is 0 Å². The predicted molar refractivity (Wildman–Crippen MR) is 74.0 cm³/mol. The van der Waals surface area contributed by atoms with Crippen molar-refractivity contribution in [1.82, 2.24) is 0 Å². The van der Waals surface area contributed by atoms with Gasteiger partial charge in [0.1, 0.15) is 0 Å². The Hall–Kier alpha value is -2.29. The second-order valence-corrected chi connectivity index (χ2v) is 4.57. The van der Waals surface area contributed by atoms with Gasteiger partial charge in [-0.3, -0.25) is 0 Å². The number of hydrogen-bond acceptors (Lipinski definition) is 1. The van der Waals surface area contributed by atoms with Crippen LogP contribution in [0.1, 0.15) is 11.1 Å². The number of carbonyl (C=O) groups is 1. The molecule has 3 heteroatoms. The number of nitrogens with one attached hydrogen (secondary N) is 2. The molecule has 0 bridgehead atoms. The standard InChI is InChI=1S/C15H14N2O/c1-9-5-3-7-11-13(9)14-10(2)6-4-8-12(14)17-15(18)16-11/h3-8H,1-2H3,(H2,16,17,18). The zero-order valence-electron chi connectivity index (χ0n) is 10.4. The van der Waals surface area contributed by atoms with Gasteiger partial charge in [0.25, 0.3) is 0 Å². The maximum Gasteiger partial charge on any atom is 0.323 e. The third kappa shape index (κ3) is 1.56.